The number of ether oxygens (including phenoxy) is 1. The second-order valence-electron chi connectivity index (χ2n) is 3.92. The van der Waals surface area contributed by atoms with Crippen LogP contribution in [0.2, 0.25) is 0 Å². The summed E-state index contributed by atoms with van der Waals surface area (Å²) < 4.78 is 6.59. The van der Waals surface area contributed by atoms with Crippen LogP contribution in [-0.2, 0) is 6.61 Å². The summed E-state index contributed by atoms with van der Waals surface area (Å²) in [7, 11) is 0. The summed E-state index contributed by atoms with van der Waals surface area (Å²) in [6.45, 7) is 2.23. The number of primary amides is 1. The lowest BCUT2D eigenvalue weighted by molar-refractivity contribution is 0.0995. The minimum absolute atomic E-state index is 0.235. The van der Waals surface area contributed by atoms with Crippen molar-refractivity contribution in [3.8, 4) is 5.75 Å². The van der Waals surface area contributed by atoms with Gasteiger partial charge in [0.2, 0.25) is 0 Å². The molecule has 0 bridgehead atoms. The van der Waals surface area contributed by atoms with Crippen molar-refractivity contribution in [3.05, 3.63) is 51.1 Å². The molecule has 0 radical (unpaired) electrons. The van der Waals surface area contributed by atoms with Crippen LogP contribution in [-0.4, -0.2) is 15.9 Å². The number of nitrogens with two attached hydrogens (primary N) is 1. The highest BCUT2D eigenvalue weighted by Crippen LogP contribution is 2.18. The van der Waals surface area contributed by atoms with Gasteiger partial charge < -0.3 is 10.5 Å². The molecule has 6 heteroatoms. The first-order valence-corrected chi connectivity index (χ1v) is 6.65. The Labute approximate surface area is 124 Å². The first-order chi connectivity index (χ1) is 9.06. The predicted molar refractivity (Wildman–Crippen MR) is 78.8 cm³/mol. The van der Waals surface area contributed by atoms with Crippen molar-refractivity contribution in [3.63, 3.8) is 0 Å². The molecule has 0 saturated heterocycles. The minimum atomic E-state index is -0.547. The molecule has 0 saturated carbocycles. The average Bonchev–Trinajstić information content (AvgIpc) is 2.38. The molecule has 2 heterocycles. The van der Waals surface area contributed by atoms with Crippen molar-refractivity contribution in [2.45, 2.75) is 13.5 Å². The molecular weight excluding hydrogens is 357 g/mol. The highest BCUT2D eigenvalue weighted by molar-refractivity contribution is 14.1. The van der Waals surface area contributed by atoms with E-state index in [2.05, 4.69) is 32.6 Å². The van der Waals surface area contributed by atoms with Crippen molar-refractivity contribution < 1.29 is 9.53 Å². The number of aryl methyl sites for hydroxylation is 1. The number of amides is 1. The Hall–Kier alpha value is -1.70. The van der Waals surface area contributed by atoms with E-state index in [1.54, 1.807) is 12.1 Å². The van der Waals surface area contributed by atoms with Gasteiger partial charge >= 0.3 is 0 Å². The fourth-order valence-corrected chi connectivity index (χ4v) is 2.07. The lowest BCUT2D eigenvalue weighted by atomic mass is 10.2. The Morgan fingerprint density at radius 3 is 2.89 bits per heavy atom. The zero-order valence-corrected chi connectivity index (χ0v) is 12.4. The van der Waals surface area contributed by atoms with E-state index in [0.717, 1.165) is 20.7 Å². The SMILES string of the molecule is Cc1nc(I)ccc1OCc1ccnc(C(N)=O)c1. The molecule has 98 valence electrons. The van der Waals surface area contributed by atoms with Crippen molar-refractivity contribution in [2.75, 3.05) is 0 Å². The zero-order valence-electron chi connectivity index (χ0n) is 10.3. The molecule has 0 unspecified atom stereocenters. The molecule has 0 aromatic carbocycles. The van der Waals surface area contributed by atoms with E-state index in [-0.39, 0.29) is 5.69 Å². The largest absolute Gasteiger partial charge is 0.487 e. The van der Waals surface area contributed by atoms with Gasteiger partial charge in [-0.1, -0.05) is 0 Å². The molecule has 2 aromatic heterocycles. The van der Waals surface area contributed by atoms with Crippen LogP contribution in [0.25, 0.3) is 0 Å². The third-order valence-electron chi connectivity index (χ3n) is 2.47. The molecular formula is C13H12IN3O2. The van der Waals surface area contributed by atoms with Crippen LogP contribution in [0.1, 0.15) is 21.7 Å². The monoisotopic (exact) mass is 369 g/mol. The van der Waals surface area contributed by atoms with Gasteiger partial charge in [0.15, 0.2) is 0 Å². The van der Waals surface area contributed by atoms with E-state index in [0.29, 0.717) is 6.61 Å². The maximum atomic E-state index is 11.0. The Bertz CT molecular complexity index is 617. The number of rotatable bonds is 4. The van der Waals surface area contributed by atoms with E-state index in [1.165, 1.54) is 6.20 Å². The van der Waals surface area contributed by atoms with Gasteiger partial charge in [-0.15, -0.1) is 0 Å². The molecule has 2 aromatic rings. The molecule has 0 atom stereocenters. The molecule has 0 aliphatic rings. The predicted octanol–water partition coefficient (Wildman–Crippen LogP) is 2.07. The molecule has 1 amide bonds. The second kappa shape index (κ2) is 5.96. The van der Waals surface area contributed by atoms with Gasteiger partial charge in [0.25, 0.3) is 5.91 Å². The Morgan fingerprint density at radius 2 is 2.21 bits per heavy atom. The van der Waals surface area contributed by atoms with Gasteiger partial charge in [0, 0.05) is 6.20 Å². The number of halogens is 1. The van der Waals surface area contributed by atoms with Crippen molar-refractivity contribution >= 4 is 28.5 Å². The summed E-state index contributed by atoms with van der Waals surface area (Å²) >= 11 is 2.15. The van der Waals surface area contributed by atoms with Crippen LogP contribution in [0.5, 0.6) is 5.75 Å². The molecule has 2 N–H and O–H groups in total. The number of hydrogen-bond acceptors (Lipinski definition) is 4. The standard InChI is InChI=1S/C13H12IN3O2/c1-8-11(2-3-12(14)17-8)19-7-9-4-5-16-10(6-9)13(15)18/h2-6H,7H2,1H3,(H2,15,18). The maximum Gasteiger partial charge on any atom is 0.267 e. The van der Waals surface area contributed by atoms with Gasteiger partial charge in [0.05, 0.1) is 5.69 Å². The lowest BCUT2D eigenvalue weighted by Gasteiger charge is -2.09. The number of nitrogens with zero attached hydrogens (tertiary/aromatic N) is 2. The average molecular weight is 369 g/mol. The molecule has 2 rings (SSSR count). The normalized spacial score (nSPS) is 10.2. The van der Waals surface area contributed by atoms with Crippen LogP contribution >= 0.6 is 22.6 Å². The van der Waals surface area contributed by atoms with E-state index in [1.807, 2.05) is 19.1 Å². The van der Waals surface area contributed by atoms with Gasteiger partial charge in [-0.3, -0.25) is 9.78 Å². The van der Waals surface area contributed by atoms with Crippen LogP contribution in [0, 0.1) is 10.6 Å². The molecule has 19 heavy (non-hydrogen) atoms. The first kappa shape index (κ1) is 13.7. The minimum Gasteiger partial charge on any atom is -0.487 e. The number of carbonyl (C=O) groups excluding carboxylic acids is 1. The molecule has 0 fully saturated rings. The third-order valence-corrected chi connectivity index (χ3v) is 3.08. The summed E-state index contributed by atoms with van der Waals surface area (Å²) in [6, 6.07) is 7.16. The highest BCUT2D eigenvalue weighted by atomic mass is 127. The summed E-state index contributed by atoms with van der Waals surface area (Å²) in [5, 5.41) is 0. The fourth-order valence-electron chi connectivity index (χ4n) is 1.53. The van der Waals surface area contributed by atoms with Crippen LogP contribution in [0.4, 0.5) is 0 Å². The summed E-state index contributed by atoms with van der Waals surface area (Å²) in [5.74, 6) is 0.173. The molecule has 0 aliphatic carbocycles. The van der Waals surface area contributed by atoms with E-state index in [4.69, 9.17) is 10.5 Å². The lowest BCUT2D eigenvalue weighted by Crippen LogP contribution is -2.13. The maximum absolute atomic E-state index is 11.0. The quantitative estimate of drug-likeness (QED) is 0.661. The fraction of sp³-hybridized carbons (Fsp3) is 0.154. The zero-order chi connectivity index (χ0) is 13.8. The molecule has 5 nitrogen and oxygen atoms in total. The topological polar surface area (TPSA) is 78.1 Å². The van der Waals surface area contributed by atoms with E-state index >= 15 is 0 Å². The van der Waals surface area contributed by atoms with Crippen molar-refractivity contribution in [2.24, 2.45) is 5.73 Å². The summed E-state index contributed by atoms with van der Waals surface area (Å²) in [5.41, 5.74) is 7.08. The van der Waals surface area contributed by atoms with Gasteiger partial charge in [-0.25, -0.2) is 4.98 Å². The summed E-state index contributed by atoms with van der Waals surface area (Å²) in [6.07, 6.45) is 1.54. The van der Waals surface area contributed by atoms with Crippen molar-refractivity contribution in [1.29, 1.82) is 0 Å². The second-order valence-corrected chi connectivity index (χ2v) is 5.03. The van der Waals surface area contributed by atoms with E-state index < -0.39 is 5.91 Å². The number of carbonyl (C=O) groups is 1. The smallest absolute Gasteiger partial charge is 0.267 e. The number of hydrogen-bond donors (Lipinski definition) is 1. The van der Waals surface area contributed by atoms with Crippen LogP contribution in [0.15, 0.2) is 30.5 Å². The Kier molecular flexibility index (Phi) is 4.31. The Balaban J connectivity index is 2.10. The van der Waals surface area contributed by atoms with Crippen LogP contribution < -0.4 is 10.5 Å². The third kappa shape index (κ3) is 3.63. The highest BCUT2D eigenvalue weighted by Gasteiger charge is 2.05. The van der Waals surface area contributed by atoms with Gasteiger partial charge in [-0.05, 0) is 59.3 Å². The molecule has 0 aliphatic heterocycles. The van der Waals surface area contributed by atoms with E-state index in [9.17, 15) is 4.79 Å². The first-order valence-electron chi connectivity index (χ1n) is 5.57. The summed E-state index contributed by atoms with van der Waals surface area (Å²) in [4.78, 5) is 19.2. The molecule has 0 spiro atoms. The Morgan fingerprint density at radius 1 is 1.42 bits per heavy atom. The van der Waals surface area contributed by atoms with Gasteiger partial charge in [0.1, 0.15) is 21.8 Å². The number of aromatic nitrogens is 2. The van der Waals surface area contributed by atoms with Gasteiger partial charge in [-0.2, -0.15) is 0 Å². The number of pyridine rings is 2. The van der Waals surface area contributed by atoms with Crippen molar-refractivity contribution in [1.82, 2.24) is 9.97 Å². The van der Waals surface area contributed by atoms with Crippen LogP contribution in [0.3, 0.4) is 0 Å².